The molecule has 204 valence electrons. The maximum Gasteiger partial charge on any atom is 0.407 e. The van der Waals surface area contributed by atoms with Crippen molar-refractivity contribution in [3.63, 3.8) is 0 Å². The van der Waals surface area contributed by atoms with Gasteiger partial charge in [0.1, 0.15) is 5.82 Å². The van der Waals surface area contributed by atoms with E-state index in [0.29, 0.717) is 38.5 Å². The summed E-state index contributed by atoms with van der Waals surface area (Å²) in [6.45, 7) is 4.19. The van der Waals surface area contributed by atoms with E-state index in [2.05, 4.69) is 21.8 Å². The molecule has 1 saturated carbocycles. The van der Waals surface area contributed by atoms with Gasteiger partial charge in [0.15, 0.2) is 0 Å². The van der Waals surface area contributed by atoms with Crippen molar-refractivity contribution >= 4 is 35.1 Å². The zero-order valence-corrected chi connectivity index (χ0v) is 22.3. The van der Waals surface area contributed by atoms with Crippen LogP contribution in [0.15, 0.2) is 24.4 Å². The Morgan fingerprint density at radius 3 is 2.53 bits per heavy atom. The minimum atomic E-state index is -0.879. The van der Waals surface area contributed by atoms with Crippen LogP contribution in [0.3, 0.4) is 0 Å². The Morgan fingerprint density at radius 2 is 1.82 bits per heavy atom. The van der Waals surface area contributed by atoms with Gasteiger partial charge in [-0.25, -0.2) is 4.79 Å². The van der Waals surface area contributed by atoms with Crippen LogP contribution in [0.4, 0.5) is 22.0 Å². The number of aromatic nitrogens is 2. The summed E-state index contributed by atoms with van der Waals surface area (Å²) in [5.41, 5.74) is 3.95. The SMILES string of the molecule is Cc1ccc2c(c1)Nc1c(cnn1C)CN2C(=O)C1CCC(CNC(=O)CC2CCN(C(=O)O)CC2)CC1. The number of amides is 3. The average Bonchev–Trinajstić information content (AvgIpc) is 3.16. The van der Waals surface area contributed by atoms with Crippen LogP contribution in [0.2, 0.25) is 0 Å². The first-order chi connectivity index (χ1) is 18.3. The second kappa shape index (κ2) is 11.0. The lowest BCUT2D eigenvalue weighted by Crippen LogP contribution is -2.40. The van der Waals surface area contributed by atoms with Crippen LogP contribution in [-0.2, 0) is 23.2 Å². The topological polar surface area (TPSA) is 120 Å². The smallest absolute Gasteiger partial charge is 0.407 e. The number of piperidine rings is 1. The number of hydrogen-bond donors (Lipinski definition) is 3. The molecule has 10 heteroatoms. The van der Waals surface area contributed by atoms with Gasteiger partial charge in [0.05, 0.1) is 24.1 Å². The number of rotatable bonds is 5. The molecule has 3 heterocycles. The van der Waals surface area contributed by atoms with Gasteiger partial charge in [-0.15, -0.1) is 0 Å². The van der Waals surface area contributed by atoms with Crippen LogP contribution in [0, 0.1) is 24.7 Å². The quantitative estimate of drug-likeness (QED) is 0.546. The van der Waals surface area contributed by atoms with Gasteiger partial charge in [-0.3, -0.25) is 14.3 Å². The molecule has 38 heavy (non-hydrogen) atoms. The number of carboxylic acid groups (broad SMARTS) is 1. The summed E-state index contributed by atoms with van der Waals surface area (Å²) >= 11 is 0. The molecule has 0 bridgehead atoms. The molecule has 1 aliphatic carbocycles. The van der Waals surface area contributed by atoms with Gasteiger partial charge in [0.2, 0.25) is 11.8 Å². The zero-order chi connectivity index (χ0) is 26.8. The molecule has 1 saturated heterocycles. The van der Waals surface area contributed by atoms with Gasteiger partial charge in [0.25, 0.3) is 0 Å². The van der Waals surface area contributed by atoms with Crippen molar-refractivity contribution in [1.82, 2.24) is 20.0 Å². The predicted molar refractivity (Wildman–Crippen MR) is 144 cm³/mol. The Balaban J connectivity index is 1.13. The molecule has 2 aliphatic heterocycles. The first-order valence-corrected chi connectivity index (χ1v) is 13.7. The molecular formula is C28H38N6O4. The minimum absolute atomic E-state index is 0.0336. The summed E-state index contributed by atoms with van der Waals surface area (Å²) in [6, 6.07) is 6.15. The lowest BCUT2D eigenvalue weighted by Gasteiger charge is -2.32. The first-order valence-electron chi connectivity index (χ1n) is 13.7. The number of fused-ring (bicyclic) bond motifs is 2. The third kappa shape index (κ3) is 5.63. The van der Waals surface area contributed by atoms with Crippen molar-refractivity contribution in [2.75, 3.05) is 29.9 Å². The van der Waals surface area contributed by atoms with Crippen LogP contribution >= 0.6 is 0 Å². The molecule has 2 aromatic rings. The molecule has 2 fully saturated rings. The number of nitrogens with zero attached hydrogens (tertiary/aromatic N) is 4. The normalized spacial score (nSPS) is 21.6. The molecule has 3 amide bonds. The second-order valence-electron chi connectivity index (χ2n) is 11.2. The molecule has 10 nitrogen and oxygen atoms in total. The largest absolute Gasteiger partial charge is 0.465 e. The van der Waals surface area contributed by atoms with Crippen molar-refractivity contribution in [3.05, 3.63) is 35.5 Å². The number of hydrogen-bond acceptors (Lipinski definition) is 5. The average molecular weight is 523 g/mol. The fourth-order valence-corrected chi connectivity index (χ4v) is 6.08. The number of benzene rings is 1. The number of aryl methyl sites for hydroxylation is 2. The van der Waals surface area contributed by atoms with Gasteiger partial charge in [-0.05, 0) is 75.0 Å². The van der Waals surface area contributed by atoms with E-state index in [1.807, 2.05) is 41.9 Å². The molecule has 5 rings (SSSR count). The molecule has 1 aromatic carbocycles. The number of carbonyl (C=O) groups excluding carboxylic acids is 2. The predicted octanol–water partition coefficient (Wildman–Crippen LogP) is 4.02. The van der Waals surface area contributed by atoms with E-state index in [-0.39, 0.29) is 23.7 Å². The van der Waals surface area contributed by atoms with Gasteiger partial charge < -0.3 is 25.5 Å². The van der Waals surface area contributed by atoms with Gasteiger partial charge in [0, 0.05) is 44.6 Å². The third-order valence-corrected chi connectivity index (χ3v) is 8.45. The fraction of sp³-hybridized carbons (Fsp3) is 0.571. The van der Waals surface area contributed by atoms with E-state index < -0.39 is 6.09 Å². The Kier molecular flexibility index (Phi) is 7.58. The summed E-state index contributed by atoms with van der Waals surface area (Å²) < 4.78 is 1.81. The molecule has 1 aromatic heterocycles. The molecule has 0 radical (unpaired) electrons. The Morgan fingerprint density at radius 1 is 1.08 bits per heavy atom. The van der Waals surface area contributed by atoms with E-state index in [4.69, 9.17) is 5.11 Å². The number of nitrogens with one attached hydrogen (secondary N) is 2. The summed E-state index contributed by atoms with van der Waals surface area (Å²) in [7, 11) is 1.90. The highest BCUT2D eigenvalue weighted by Crippen LogP contribution is 2.39. The van der Waals surface area contributed by atoms with E-state index in [1.54, 1.807) is 0 Å². The number of anilines is 3. The van der Waals surface area contributed by atoms with Gasteiger partial charge in [-0.2, -0.15) is 5.10 Å². The van der Waals surface area contributed by atoms with Gasteiger partial charge in [-0.1, -0.05) is 6.07 Å². The molecule has 0 unspecified atom stereocenters. The van der Waals surface area contributed by atoms with Crippen LogP contribution < -0.4 is 15.5 Å². The lowest BCUT2D eigenvalue weighted by atomic mass is 9.81. The van der Waals surface area contributed by atoms with Crippen molar-refractivity contribution in [3.8, 4) is 0 Å². The second-order valence-corrected chi connectivity index (χ2v) is 11.2. The summed E-state index contributed by atoms with van der Waals surface area (Å²) in [5.74, 6) is 1.71. The first kappa shape index (κ1) is 26.1. The maximum absolute atomic E-state index is 13.8. The summed E-state index contributed by atoms with van der Waals surface area (Å²) in [5, 5.41) is 20.1. The van der Waals surface area contributed by atoms with Crippen molar-refractivity contribution in [2.45, 2.75) is 58.4 Å². The van der Waals surface area contributed by atoms with E-state index in [1.165, 1.54) is 4.90 Å². The number of likely N-dealkylation sites (tertiary alicyclic amines) is 1. The van der Waals surface area contributed by atoms with Crippen LogP contribution in [0.5, 0.6) is 0 Å². The molecule has 3 aliphatic rings. The highest BCUT2D eigenvalue weighted by Gasteiger charge is 2.33. The summed E-state index contributed by atoms with van der Waals surface area (Å²) in [6.07, 6.45) is 6.35. The van der Waals surface area contributed by atoms with Crippen molar-refractivity contribution in [2.24, 2.45) is 24.8 Å². The molecule has 0 atom stereocenters. The Labute approximate surface area is 223 Å². The van der Waals surface area contributed by atoms with E-state index >= 15 is 0 Å². The van der Waals surface area contributed by atoms with Crippen molar-refractivity contribution in [1.29, 1.82) is 0 Å². The van der Waals surface area contributed by atoms with Crippen LogP contribution in [0.25, 0.3) is 0 Å². The number of carbonyl (C=O) groups is 3. The van der Waals surface area contributed by atoms with E-state index in [0.717, 1.165) is 66.8 Å². The Hall–Kier alpha value is -3.56. The highest BCUT2D eigenvalue weighted by atomic mass is 16.4. The third-order valence-electron chi connectivity index (χ3n) is 8.45. The molecular weight excluding hydrogens is 484 g/mol. The Bertz CT molecular complexity index is 1190. The summed E-state index contributed by atoms with van der Waals surface area (Å²) in [4.78, 5) is 40.7. The monoisotopic (exact) mass is 522 g/mol. The lowest BCUT2D eigenvalue weighted by molar-refractivity contribution is -0.124. The molecule has 0 spiro atoms. The van der Waals surface area contributed by atoms with Crippen LogP contribution in [-0.4, -0.2) is 57.3 Å². The fourth-order valence-electron chi connectivity index (χ4n) is 6.08. The standard InChI is InChI=1S/C28H38N6O4/c1-18-3-8-24-23(13-18)31-26-22(16-30-32(26)2)17-34(24)27(36)21-6-4-20(5-7-21)15-29-25(35)14-19-9-11-33(12-10-19)28(37)38/h3,8,13,16,19-21,31H,4-7,9-12,14-15,17H2,1-2H3,(H,29,35)(H,37,38). The maximum atomic E-state index is 13.8. The highest BCUT2D eigenvalue weighted by molar-refractivity contribution is 5.99. The van der Waals surface area contributed by atoms with Crippen LogP contribution in [0.1, 0.15) is 56.1 Å². The van der Waals surface area contributed by atoms with Crippen molar-refractivity contribution < 1.29 is 19.5 Å². The van der Waals surface area contributed by atoms with E-state index in [9.17, 15) is 14.4 Å². The molecule has 3 N–H and O–H groups in total. The zero-order valence-electron chi connectivity index (χ0n) is 22.3. The minimum Gasteiger partial charge on any atom is -0.465 e. The van der Waals surface area contributed by atoms with Gasteiger partial charge >= 0.3 is 6.09 Å².